The second-order valence-corrected chi connectivity index (χ2v) is 10.4. The van der Waals surface area contributed by atoms with Crippen LogP contribution in [0.2, 0.25) is 0 Å². The largest absolute Gasteiger partial charge is 0.396 e. The number of unbranched alkanes of at least 4 members (excludes halogenated alkanes) is 3. The van der Waals surface area contributed by atoms with Gasteiger partial charge in [0.2, 0.25) is 17.7 Å². The first-order valence-corrected chi connectivity index (χ1v) is 13.3. The number of hydrogen-bond donors (Lipinski definition) is 3. The molecule has 37 heavy (non-hydrogen) atoms. The lowest BCUT2D eigenvalue weighted by molar-refractivity contribution is -0.147. The normalized spacial score (nSPS) is 30.2. The molecule has 2 bridgehead atoms. The summed E-state index contributed by atoms with van der Waals surface area (Å²) in [5.41, 5.74) is -0.255. The van der Waals surface area contributed by atoms with Crippen molar-refractivity contribution in [3.8, 4) is 0 Å². The lowest BCUT2D eigenvalue weighted by Crippen LogP contribution is -2.55. The summed E-state index contributed by atoms with van der Waals surface area (Å²) in [7, 11) is 1.58. The minimum atomic E-state index is -1.04. The smallest absolute Gasteiger partial charge is 0.247 e. The van der Waals surface area contributed by atoms with Gasteiger partial charge in [-0.1, -0.05) is 37.1 Å². The molecule has 200 valence electrons. The summed E-state index contributed by atoms with van der Waals surface area (Å²) in [6.07, 6.45) is 4.87. The Morgan fingerprint density at radius 3 is 2.70 bits per heavy atom. The lowest BCUT2D eigenvalue weighted by atomic mass is 9.65. The molecule has 4 heterocycles. The Morgan fingerprint density at radius 1 is 1.16 bits per heavy atom. The van der Waals surface area contributed by atoms with E-state index in [0.717, 1.165) is 23.9 Å². The van der Waals surface area contributed by atoms with Gasteiger partial charge in [0.1, 0.15) is 23.8 Å². The maximum Gasteiger partial charge on any atom is 0.247 e. The third-order valence-corrected chi connectivity index (χ3v) is 8.59. The SMILES string of the molecule is CC[C@]12CCC3(O1)C(C(=O)NCn1nnc4ccccc41)N(CCCCCCO)C(=O)[C@@H]3[C@H]2C(=O)NC. The van der Waals surface area contributed by atoms with E-state index in [1.54, 1.807) is 16.6 Å². The highest BCUT2D eigenvalue weighted by molar-refractivity contribution is 5.99. The summed E-state index contributed by atoms with van der Waals surface area (Å²) in [6, 6.07) is 6.67. The maximum atomic E-state index is 13.9. The molecule has 1 spiro atoms. The summed E-state index contributed by atoms with van der Waals surface area (Å²) in [6.45, 7) is 2.61. The number of nitrogens with one attached hydrogen (secondary N) is 2. The van der Waals surface area contributed by atoms with E-state index in [-0.39, 0.29) is 31.0 Å². The number of para-hydroxylation sites is 1. The van der Waals surface area contributed by atoms with E-state index in [4.69, 9.17) is 9.84 Å². The monoisotopic (exact) mass is 512 g/mol. The van der Waals surface area contributed by atoms with Gasteiger partial charge in [0.15, 0.2) is 0 Å². The van der Waals surface area contributed by atoms with Crippen molar-refractivity contribution in [2.75, 3.05) is 20.2 Å². The molecule has 0 radical (unpaired) electrons. The van der Waals surface area contributed by atoms with Crippen LogP contribution in [0.5, 0.6) is 0 Å². The number of carbonyl (C=O) groups is 3. The van der Waals surface area contributed by atoms with Crippen molar-refractivity contribution >= 4 is 28.8 Å². The number of aromatic nitrogens is 3. The zero-order chi connectivity index (χ0) is 26.2. The first-order valence-electron chi connectivity index (χ1n) is 13.3. The Bertz CT molecular complexity index is 1190. The fourth-order valence-corrected chi connectivity index (χ4v) is 6.84. The Labute approximate surface area is 215 Å². The van der Waals surface area contributed by atoms with Gasteiger partial charge < -0.3 is 25.4 Å². The van der Waals surface area contributed by atoms with E-state index in [1.807, 2.05) is 31.2 Å². The molecule has 1 aromatic heterocycles. The van der Waals surface area contributed by atoms with Crippen molar-refractivity contribution in [2.24, 2.45) is 11.8 Å². The topological polar surface area (TPSA) is 139 Å². The zero-order valence-electron chi connectivity index (χ0n) is 21.5. The fraction of sp³-hybridized carbons (Fsp3) is 0.654. The van der Waals surface area contributed by atoms with Crippen LogP contribution in [0.3, 0.4) is 0 Å². The van der Waals surface area contributed by atoms with E-state index >= 15 is 0 Å². The third kappa shape index (κ3) is 3.99. The third-order valence-electron chi connectivity index (χ3n) is 8.59. The van der Waals surface area contributed by atoms with Crippen molar-refractivity contribution in [3.63, 3.8) is 0 Å². The molecule has 3 amide bonds. The summed E-state index contributed by atoms with van der Waals surface area (Å²) >= 11 is 0. The molecule has 3 aliphatic rings. The molecule has 1 aromatic carbocycles. The highest BCUT2D eigenvalue weighted by atomic mass is 16.5. The molecule has 5 atom stereocenters. The van der Waals surface area contributed by atoms with Gasteiger partial charge in [-0.3, -0.25) is 14.4 Å². The van der Waals surface area contributed by atoms with Crippen LogP contribution in [-0.2, 0) is 25.8 Å². The molecule has 3 fully saturated rings. The highest BCUT2D eigenvalue weighted by Crippen LogP contribution is 2.64. The number of carbonyl (C=O) groups excluding carboxylic acids is 3. The van der Waals surface area contributed by atoms with Crippen LogP contribution in [0.1, 0.15) is 51.9 Å². The minimum absolute atomic E-state index is 0.104. The van der Waals surface area contributed by atoms with Crippen LogP contribution in [0.15, 0.2) is 24.3 Å². The summed E-state index contributed by atoms with van der Waals surface area (Å²) in [4.78, 5) is 42.5. The van der Waals surface area contributed by atoms with E-state index < -0.39 is 29.1 Å². The van der Waals surface area contributed by atoms with Gasteiger partial charge in [-0.25, -0.2) is 4.68 Å². The van der Waals surface area contributed by atoms with Gasteiger partial charge in [0.25, 0.3) is 0 Å². The molecule has 2 aromatic rings. The quantitative estimate of drug-likeness (QED) is 0.381. The van der Waals surface area contributed by atoms with Crippen LogP contribution in [0.25, 0.3) is 11.0 Å². The Morgan fingerprint density at radius 2 is 1.95 bits per heavy atom. The van der Waals surface area contributed by atoms with Crippen LogP contribution in [-0.4, -0.2) is 80.2 Å². The molecule has 11 heteroatoms. The fourth-order valence-electron chi connectivity index (χ4n) is 6.84. The standard InChI is InChI=1S/C26H36N6O5/c1-3-25-12-13-26(37-25)20(19(25)22(34)27-2)24(36)31(14-8-4-5-9-15-33)21(26)23(35)28-16-32-18-11-7-6-10-17(18)29-30-32/h6-7,10-11,19-21,33H,3-5,8-9,12-16H2,1-2H3,(H,27,34)(H,28,35)/t19-,20-,21?,25+,26?/m0/s1. The predicted octanol–water partition coefficient (Wildman–Crippen LogP) is 0.959. The summed E-state index contributed by atoms with van der Waals surface area (Å²) in [5, 5.41) is 23.1. The predicted molar refractivity (Wildman–Crippen MR) is 134 cm³/mol. The van der Waals surface area contributed by atoms with Gasteiger partial charge in [-0.2, -0.15) is 0 Å². The van der Waals surface area contributed by atoms with E-state index in [0.29, 0.717) is 38.6 Å². The molecule has 5 rings (SSSR count). The van der Waals surface area contributed by atoms with Crippen LogP contribution >= 0.6 is 0 Å². The van der Waals surface area contributed by atoms with Gasteiger partial charge in [0.05, 0.1) is 23.0 Å². The van der Waals surface area contributed by atoms with Crippen LogP contribution in [0, 0.1) is 11.8 Å². The Balaban J connectivity index is 1.43. The van der Waals surface area contributed by atoms with Gasteiger partial charge in [-0.15, -0.1) is 5.10 Å². The second kappa shape index (κ2) is 10.0. The molecule has 3 aliphatic heterocycles. The number of ether oxygens (including phenoxy) is 1. The number of benzene rings is 1. The number of aliphatic hydroxyl groups is 1. The van der Waals surface area contributed by atoms with E-state index in [1.165, 1.54) is 0 Å². The van der Waals surface area contributed by atoms with Crippen molar-refractivity contribution in [1.82, 2.24) is 30.5 Å². The highest BCUT2D eigenvalue weighted by Gasteiger charge is 2.78. The molecular weight excluding hydrogens is 476 g/mol. The molecular formula is C26H36N6O5. The van der Waals surface area contributed by atoms with Crippen LogP contribution in [0.4, 0.5) is 0 Å². The average molecular weight is 513 g/mol. The summed E-state index contributed by atoms with van der Waals surface area (Å²) in [5.74, 6) is -2.02. The van der Waals surface area contributed by atoms with Gasteiger partial charge in [0, 0.05) is 20.2 Å². The van der Waals surface area contributed by atoms with Crippen molar-refractivity contribution in [2.45, 2.75) is 75.8 Å². The summed E-state index contributed by atoms with van der Waals surface area (Å²) < 4.78 is 8.31. The number of likely N-dealkylation sites (tertiary alicyclic amines) is 1. The molecule has 11 nitrogen and oxygen atoms in total. The number of fused-ring (bicyclic) bond motifs is 2. The van der Waals surface area contributed by atoms with Crippen molar-refractivity contribution in [3.05, 3.63) is 24.3 Å². The molecule has 0 aliphatic carbocycles. The van der Waals surface area contributed by atoms with Crippen molar-refractivity contribution < 1.29 is 24.2 Å². The van der Waals surface area contributed by atoms with Crippen molar-refractivity contribution in [1.29, 1.82) is 0 Å². The van der Waals surface area contributed by atoms with E-state index in [2.05, 4.69) is 20.9 Å². The molecule has 3 N–H and O–H groups in total. The number of rotatable bonds is 11. The molecule has 2 unspecified atom stereocenters. The Kier molecular flexibility index (Phi) is 6.93. The minimum Gasteiger partial charge on any atom is -0.396 e. The molecule has 3 saturated heterocycles. The molecule has 0 saturated carbocycles. The Hall–Kier alpha value is -3.05. The number of nitrogens with zero attached hydrogens (tertiary/aromatic N) is 4. The zero-order valence-corrected chi connectivity index (χ0v) is 21.5. The van der Waals surface area contributed by atoms with Gasteiger partial charge in [-0.05, 0) is 44.2 Å². The van der Waals surface area contributed by atoms with Gasteiger partial charge >= 0.3 is 0 Å². The van der Waals surface area contributed by atoms with E-state index in [9.17, 15) is 14.4 Å². The maximum absolute atomic E-state index is 13.9. The average Bonchev–Trinajstić information content (AvgIpc) is 3.64. The second-order valence-electron chi connectivity index (χ2n) is 10.4. The number of amides is 3. The number of aliphatic hydroxyl groups excluding tert-OH is 1. The number of hydrogen-bond acceptors (Lipinski definition) is 7. The lowest BCUT2D eigenvalue weighted by Gasteiger charge is -2.33. The first-order chi connectivity index (χ1) is 17.9. The van der Waals surface area contributed by atoms with Crippen LogP contribution < -0.4 is 10.6 Å². The first kappa shape index (κ1) is 25.6.